The maximum Gasteiger partial charge on any atom is 0.337 e. The van der Waals surface area contributed by atoms with E-state index in [1.54, 1.807) is 7.11 Å². The van der Waals surface area contributed by atoms with Gasteiger partial charge in [-0.2, -0.15) is 0 Å². The van der Waals surface area contributed by atoms with Gasteiger partial charge in [-0.05, 0) is 67.3 Å². The molecule has 232 valence electrons. The number of esters is 1. The van der Waals surface area contributed by atoms with Crippen molar-refractivity contribution in [2.45, 2.75) is 60.2 Å². The first-order valence-corrected chi connectivity index (χ1v) is 15.1. The van der Waals surface area contributed by atoms with Crippen LogP contribution in [0.5, 0.6) is 5.75 Å². The summed E-state index contributed by atoms with van der Waals surface area (Å²) in [4.78, 5) is 16.9. The molecule has 3 rings (SSSR count). The van der Waals surface area contributed by atoms with E-state index in [4.69, 9.17) is 20.6 Å². The highest BCUT2D eigenvalue weighted by atomic mass is 16.5. The molecule has 4 N–H and O–H groups in total. The predicted molar refractivity (Wildman–Crippen MR) is 175 cm³/mol. The molecule has 2 unspecified atom stereocenters. The molecule has 8 nitrogen and oxygen atoms in total. The van der Waals surface area contributed by atoms with Gasteiger partial charge in [-0.3, -0.25) is 9.80 Å². The van der Waals surface area contributed by atoms with Crippen molar-refractivity contribution in [2.75, 3.05) is 54.0 Å². The minimum atomic E-state index is -0.345. The lowest BCUT2D eigenvalue weighted by atomic mass is 9.93. The third kappa shape index (κ3) is 9.23. The average Bonchev–Trinajstić information content (AvgIpc) is 2.99. The van der Waals surface area contributed by atoms with E-state index in [-0.39, 0.29) is 18.1 Å². The molecule has 1 aliphatic rings. The highest BCUT2D eigenvalue weighted by molar-refractivity contribution is 5.89. The van der Waals surface area contributed by atoms with Gasteiger partial charge in [-0.1, -0.05) is 52.0 Å². The van der Waals surface area contributed by atoms with Crippen LogP contribution in [0.1, 0.15) is 71.9 Å². The molecule has 2 atom stereocenters. The zero-order chi connectivity index (χ0) is 31.4. The first-order valence-electron chi connectivity index (χ1n) is 15.1. The third-order valence-electron chi connectivity index (χ3n) is 7.75. The van der Waals surface area contributed by atoms with Crippen LogP contribution in [0.4, 0.5) is 0 Å². The Labute approximate surface area is 253 Å². The summed E-state index contributed by atoms with van der Waals surface area (Å²) in [5.74, 6) is 0.989. The molecule has 0 spiro atoms. The molecule has 1 saturated heterocycles. The van der Waals surface area contributed by atoms with Gasteiger partial charge in [0.15, 0.2) is 0 Å². The van der Waals surface area contributed by atoms with Crippen LogP contribution in [-0.2, 0) is 11.3 Å². The summed E-state index contributed by atoms with van der Waals surface area (Å²) >= 11 is 0. The van der Waals surface area contributed by atoms with Gasteiger partial charge in [0.1, 0.15) is 5.75 Å². The lowest BCUT2D eigenvalue weighted by Gasteiger charge is -2.42. The second-order valence-electron chi connectivity index (χ2n) is 11.0. The van der Waals surface area contributed by atoms with Crippen LogP contribution >= 0.6 is 0 Å². The number of aryl methyl sites for hydroxylation is 1. The lowest BCUT2D eigenvalue weighted by molar-refractivity contribution is 0.0600. The van der Waals surface area contributed by atoms with E-state index in [0.29, 0.717) is 30.3 Å². The summed E-state index contributed by atoms with van der Waals surface area (Å²) < 4.78 is 10.8. The number of benzene rings is 2. The molecule has 1 heterocycles. The first kappa shape index (κ1) is 35.2. The molecule has 0 saturated carbocycles. The Hall–Kier alpha value is -3.04. The number of hydrogen-bond donors (Lipinski definition) is 3. The highest BCUT2D eigenvalue weighted by Crippen LogP contribution is 2.35. The van der Waals surface area contributed by atoms with Crippen molar-refractivity contribution in [2.24, 2.45) is 11.7 Å². The predicted octanol–water partition coefficient (Wildman–Crippen LogP) is 5.22. The van der Waals surface area contributed by atoms with E-state index >= 15 is 0 Å². The van der Waals surface area contributed by atoms with Crippen LogP contribution < -0.4 is 15.8 Å². The number of rotatable bonds is 12. The Morgan fingerprint density at radius 2 is 1.83 bits per heavy atom. The molecule has 0 aromatic heterocycles. The van der Waals surface area contributed by atoms with Crippen LogP contribution in [0.25, 0.3) is 6.08 Å². The fourth-order valence-electron chi connectivity index (χ4n) is 5.21. The van der Waals surface area contributed by atoms with Crippen molar-refractivity contribution in [1.82, 2.24) is 15.1 Å². The van der Waals surface area contributed by atoms with Crippen LogP contribution in [0.15, 0.2) is 36.4 Å². The number of likely N-dealkylation sites (N-methyl/N-ethyl adjacent to an activating group) is 1. The van der Waals surface area contributed by atoms with Crippen LogP contribution in [0, 0.1) is 25.2 Å². The van der Waals surface area contributed by atoms with E-state index in [9.17, 15) is 4.79 Å². The smallest absolute Gasteiger partial charge is 0.337 e. The van der Waals surface area contributed by atoms with Gasteiger partial charge in [0.05, 0.1) is 25.8 Å². The number of hydrogen-bond acceptors (Lipinski definition) is 8. The summed E-state index contributed by atoms with van der Waals surface area (Å²) in [5, 5.41) is 11.6. The molecule has 0 radical (unpaired) electrons. The molecule has 1 aliphatic heterocycles. The van der Waals surface area contributed by atoms with Gasteiger partial charge < -0.3 is 25.9 Å². The first-order chi connectivity index (χ1) is 20.1. The maximum atomic E-state index is 12.1. The summed E-state index contributed by atoms with van der Waals surface area (Å²) in [6.07, 6.45) is 4.48. The minimum Gasteiger partial charge on any atom is -0.496 e. The molecule has 42 heavy (non-hydrogen) atoms. The number of nitrogens with two attached hydrogens (primary N) is 1. The number of allylic oxidation sites excluding steroid dienone is 1. The van der Waals surface area contributed by atoms with E-state index in [1.807, 2.05) is 45.2 Å². The zero-order valence-corrected chi connectivity index (χ0v) is 27.2. The average molecular weight is 580 g/mol. The summed E-state index contributed by atoms with van der Waals surface area (Å²) in [6, 6.07) is 9.58. The van der Waals surface area contributed by atoms with Crippen LogP contribution in [0.3, 0.4) is 0 Å². The van der Waals surface area contributed by atoms with Crippen molar-refractivity contribution in [1.29, 1.82) is 5.41 Å². The van der Waals surface area contributed by atoms with Gasteiger partial charge in [-0.25, -0.2) is 4.79 Å². The van der Waals surface area contributed by atoms with Crippen LogP contribution in [0.2, 0.25) is 0 Å². The number of piperazine rings is 1. The Bertz CT molecular complexity index is 1190. The fraction of sp³-hybridized carbons (Fsp3) is 0.529. The Morgan fingerprint density at radius 3 is 2.40 bits per heavy atom. The van der Waals surface area contributed by atoms with Gasteiger partial charge in [0, 0.05) is 56.6 Å². The highest BCUT2D eigenvalue weighted by Gasteiger charge is 2.31. The topological polar surface area (TPSA) is 104 Å². The van der Waals surface area contributed by atoms with Crippen LogP contribution in [-0.4, -0.2) is 81.5 Å². The Balaban J connectivity index is 0.00000301. The van der Waals surface area contributed by atoms with Gasteiger partial charge >= 0.3 is 5.97 Å². The quantitative estimate of drug-likeness (QED) is 0.234. The van der Waals surface area contributed by atoms with Gasteiger partial charge in [0.2, 0.25) is 0 Å². The monoisotopic (exact) mass is 579 g/mol. The molecule has 2 aromatic rings. The van der Waals surface area contributed by atoms with E-state index in [0.717, 1.165) is 37.5 Å². The van der Waals surface area contributed by atoms with E-state index in [1.165, 1.54) is 29.4 Å². The van der Waals surface area contributed by atoms with Crippen molar-refractivity contribution in [3.8, 4) is 5.75 Å². The van der Waals surface area contributed by atoms with Crippen molar-refractivity contribution >= 4 is 17.8 Å². The minimum absolute atomic E-state index is 0.0574. The van der Waals surface area contributed by atoms with Gasteiger partial charge in [-0.15, -0.1) is 0 Å². The van der Waals surface area contributed by atoms with Crippen molar-refractivity contribution in [3.63, 3.8) is 0 Å². The van der Waals surface area contributed by atoms with E-state index < -0.39 is 0 Å². The number of ether oxygens (including phenoxy) is 2. The third-order valence-corrected chi connectivity index (χ3v) is 7.75. The normalized spacial score (nSPS) is 16.7. The van der Waals surface area contributed by atoms with Crippen molar-refractivity contribution in [3.05, 3.63) is 69.8 Å². The molecular formula is C34H53N5O3. The number of carbonyl (C=O) groups is 1. The molecule has 2 aromatic carbocycles. The number of nitrogens with zero attached hydrogens (tertiary/aromatic N) is 2. The standard InChI is InChI=1S/C32H47N5O3.C2H6/c1-21(2)8-13-26-23(4)22(3)16-31(39-6)27(26)18-37-15-14-36(19-29(34)28(33)17-35-5)20-30(37)24-9-11-25(12-10-24)32(38)40-7;1-2/h8-13,16,21,28,30,34-35H,14-15,17-20,33H2,1-7H3;1-2H3/b13-8-,34-29?;. The van der Waals surface area contributed by atoms with Gasteiger partial charge in [0.25, 0.3) is 0 Å². The SMILES string of the molecule is CC.CNCC(N)C(=N)CN1CCN(Cc2c(OC)cc(C)c(C)c2/C=C\C(C)C)C(c2ccc(C(=O)OC)cc2)C1. The summed E-state index contributed by atoms with van der Waals surface area (Å²) in [5.41, 5.74) is 13.3. The fourth-order valence-corrected chi connectivity index (χ4v) is 5.21. The number of nitrogens with one attached hydrogen (secondary N) is 2. The molecular weight excluding hydrogens is 526 g/mol. The molecule has 0 bridgehead atoms. The molecule has 0 aliphatic carbocycles. The van der Waals surface area contributed by atoms with E-state index in [2.05, 4.69) is 61.0 Å². The number of carbonyl (C=O) groups excluding carboxylic acids is 1. The summed E-state index contributed by atoms with van der Waals surface area (Å²) in [6.45, 7) is 16.9. The Morgan fingerprint density at radius 1 is 1.17 bits per heavy atom. The second-order valence-corrected chi connectivity index (χ2v) is 11.0. The second kappa shape index (κ2) is 17.2. The zero-order valence-electron chi connectivity index (χ0n) is 27.2. The number of methoxy groups -OCH3 is 2. The largest absolute Gasteiger partial charge is 0.496 e. The molecule has 8 heteroatoms. The van der Waals surface area contributed by atoms with Crippen molar-refractivity contribution < 1.29 is 14.3 Å². The lowest BCUT2D eigenvalue weighted by Crippen LogP contribution is -2.52. The molecule has 1 fully saturated rings. The molecule has 0 amide bonds. The maximum absolute atomic E-state index is 12.1. The Kier molecular flexibility index (Phi) is 14.4. The summed E-state index contributed by atoms with van der Waals surface area (Å²) in [7, 11) is 4.99.